The minimum atomic E-state index is 0.268. The lowest BCUT2D eigenvalue weighted by Crippen LogP contribution is -2.34. The number of nitrogens with two attached hydrogens (primary N) is 1. The van der Waals surface area contributed by atoms with E-state index in [0.29, 0.717) is 18.3 Å². The van der Waals surface area contributed by atoms with E-state index >= 15 is 0 Å². The molecule has 0 aliphatic heterocycles. The van der Waals surface area contributed by atoms with Crippen molar-refractivity contribution in [1.29, 1.82) is 5.41 Å². The highest BCUT2D eigenvalue weighted by Gasteiger charge is 2.07. The smallest absolute Gasteiger partial charge is 0.0918 e. The normalized spacial score (nSPS) is 11.7. The lowest BCUT2D eigenvalue weighted by atomic mass is 10.1. The Morgan fingerprint density at radius 1 is 1.11 bits per heavy atom. The second-order valence-electron chi connectivity index (χ2n) is 5.76. The van der Waals surface area contributed by atoms with Gasteiger partial charge in [-0.05, 0) is 18.3 Å². The van der Waals surface area contributed by atoms with E-state index in [9.17, 15) is 0 Å². The summed E-state index contributed by atoms with van der Waals surface area (Å²) in [6.45, 7) is 13.3. The van der Waals surface area contributed by atoms with E-state index < -0.39 is 0 Å². The van der Waals surface area contributed by atoms with Crippen LogP contribution in [0.1, 0.15) is 40.5 Å². The van der Waals surface area contributed by atoms with E-state index in [0.717, 1.165) is 39.3 Å². The summed E-state index contributed by atoms with van der Waals surface area (Å²) in [4.78, 5) is 2.33. The molecule has 0 aromatic heterocycles. The van der Waals surface area contributed by atoms with Gasteiger partial charge in [0.25, 0.3) is 0 Å². The Morgan fingerprint density at radius 3 is 2.28 bits per heavy atom. The standard InChI is InChI=1S/C14H31N3O/c1-12(2)6-9-18-10-8-17(11-13(3)4)7-5-14(15)16/h12-13H,5-11H2,1-4H3,(H3,15,16). The van der Waals surface area contributed by atoms with Crippen LogP contribution in [0.2, 0.25) is 0 Å². The van der Waals surface area contributed by atoms with Crippen molar-refractivity contribution in [2.24, 2.45) is 17.6 Å². The average Bonchev–Trinajstić information content (AvgIpc) is 2.23. The van der Waals surface area contributed by atoms with Crippen LogP contribution in [0.25, 0.3) is 0 Å². The monoisotopic (exact) mass is 257 g/mol. The summed E-state index contributed by atoms with van der Waals surface area (Å²) in [7, 11) is 0. The molecule has 18 heavy (non-hydrogen) atoms. The molecule has 0 atom stereocenters. The van der Waals surface area contributed by atoms with E-state index in [-0.39, 0.29) is 5.84 Å². The van der Waals surface area contributed by atoms with Gasteiger partial charge >= 0.3 is 0 Å². The van der Waals surface area contributed by atoms with Gasteiger partial charge in [0.1, 0.15) is 0 Å². The summed E-state index contributed by atoms with van der Waals surface area (Å²) < 4.78 is 5.64. The molecule has 0 radical (unpaired) electrons. The first kappa shape index (κ1) is 17.4. The number of rotatable bonds is 11. The summed E-state index contributed by atoms with van der Waals surface area (Å²) in [5.74, 6) is 1.60. The summed E-state index contributed by atoms with van der Waals surface area (Å²) in [6, 6.07) is 0. The first-order valence-corrected chi connectivity index (χ1v) is 7.04. The average molecular weight is 257 g/mol. The largest absolute Gasteiger partial charge is 0.388 e. The van der Waals surface area contributed by atoms with E-state index in [2.05, 4.69) is 32.6 Å². The fraction of sp³-hybridized carbons (Fsp3) is 0.929. The molecule has 0 saturated carbocycles. The van der Waals surface area contributed by atoms with Crippen LogP contribution >= 0.6 is 0 Å². The van der Waals surface area contributed by atoms with Crippen LogP contribution in [0.4, 0.5) is 0 Å². The van der Waals surface area contributed by atoms with Gasteiger partial charge in [-0.2, -0.15) is 0 Å². The summed E-state index contributed by atoms with van der Waals surface area (Å²) >= 11 is 0. The van der Waals surface area contributed by atoms with Crippen molar-refractivity contribution in [3.05, 3.63) is 0 Å². The Labute approximate surface area is 112 Å². The van der Waals surface area contributed by atoms with Crippen molar-refractivity contribution in [2.75, 3.05) is 32.8 Å². The van der Waals surface area contributed by atoms with Gasteiger partial charge in [0, 0.05) is 32.7 Å². The first-order chi connectivity index (χ1) is 8.41. The molecule has 0 aliphatic rings. The maximum atomic E-state index is 7.28. The predicted molar refractivity (Wildman–Crippen MR) is 78.1 cm³/mol. The van der Waals surface area contributed by atoms with Crippen molar-refractivity contribution in [3.63, 3.8) is 0 Å². The highest BCUT2D eigenvalue weighted by molar-refractivity contribution is 5.76. The number of nitrogens with zero attached hydrogens (tertiary/aromatic N) is 1. The zero-order valence-corrected chi connectivity index (χ0v) is 12.5. The molecule has 0 heterocycles. The third-order valence-electron chi connectivity index (χ3n) is 2.71. The Morgan fingerprint density at radius 2 is 1.78 bits per heavy atom. The van der Waals surface area contributed by atoms with Crippen LogP contribution in [-0.4, -0.2) is 43.6 Å². The van der Waals surface area contributed by atoms with Crippen LogP contribution in [-0.2, 0) is 4.74 Å². The Bertz CT molecular complexity index is 217. The predicted octanol–water partition coefficient (Wildman–Crippen LogP) is 2.33. The number of ether oxygens (including phenoxy) is 1. The zero-order chi connectivity index (χ0) is 14.0. The molecule has 3 N–H and O–H groups in total. The van der Waals surface area contributed by atoms with Crippen molar-refractivity contribution < 1.29 is 4.74 Å². The van der Waals surface area contributed by atoms with Crippen molar-refractivity contribution in [2.45, 2.75) is 40.5 Å². The Hall–Kier alpha value is -0.610. The lowest BCUT2D eigenvalue weighted by molar-refractivity contribution is 0.0931. The Balaban J connectivity index is 3.75. The second kappa shape index (κ2) is 10.3. The molecule has 0 rings (SSSR count). The SMILES string of the molecule is CC(C)CCOCCN(CCC(=N)N)CC(C)C. The van der Waals surface area contributed by atoms with Gasteiger partial charge in [0.2, 0.25) is 0 Å². The molecule has 0 spiro atoms. The van der Waals surface area contributed by atoms with Gasteiger partial charge in [0.15, 0.2) is 0 Å². The second-order valence-corrected chi connectivity index (χ2v) is 5.76. The molecule has 0 aliphatic carbocycles. The Kier molecular flexibility index (Phi) is 9.98. The van der Waals surface area contributed by atoms with Crippen molar-refractivity contribution in [1.82, 2.24) is 4.90 Å². The number of amidine groups is 1. The molecule has 0 fully saturated rings. The molecule has 0 unspecified atom stereocenters. The molecular formula is C14H31N3O. The number of hydrogen-bond acceptors (Lipinski definition) is 3. The molecule has 108 valence electrons. The van der Waals surface area contributed by atoms with E-state index in [1.165, 1.54) is 0 Å². The van der Waals surface area contributed by atoms with Crippen LogP contribution in [0.5, 0.6) is 0 Å². The molecule has 0 aromatic carbocycles. The molecule has 4 heteroatoms. The number of hydrogen-bond donors (Lipinski definition) is 2. The fourth-order valence-corrected chi connectivity index (χ4v) is 1.70. The van der Waals surface area contributed by atoms with Gasteiger partial charge in [-0.15, -0.1) is 0 Å². The maximum absolute atomic E-state index is 7.28. The quantitative estimate of drug-likeness (QED) is 0.339. The van der Waals surface area contributed by atoms with Gasteiger partial charge in [0.05, 0.1) is 12.4 Å². The maximum Gasteiger partial charge on any atom is 0.0918 e. The van der Waals surface area contributed by atoms with Gasteiger partial charge in [-0.1, -0.05) is 27.7 Å². The van der Waals surface area contributed by atoms with Crippen LogP contribution in [0, 0.1) is 17.2 Å². The van der Waals surface area contributed by atoms with E-state index in [4.69, 9.17) is 15.9 Å². The minimum Gasteiger partial charge on any atom is -0.388 e. The minimum absolute atomic E-state index is 0.268. The molecule has 0 aromatic rings. The van der Waals surface area contributed by atoms with Crippen LogP contribution in [0.3, 0.4) is 0 Å². The van der Waals surface area contributed by atoms with Gasteiger partial charge in [-0.3, -0.25) is 5.41 Å². The first-order valence-electron chi connectivity index (χ1n) is 7.04. The molecule has 0 bridgehead atoms. The fourth-order valence-electron chi connectivity index (χ4n) is 1.70. The van der Waals surface area contributed by atoms with E-state index in [1.807, 2.05) is 0 Å². The summed E-state index contributed by atoms with van der Waals surface area (Å²) in [5, 5.41) is 7.28. The number of nitrogens with one attached hydrogen (secondary N) is 1. The molecule has 0 saturated heterocycles. The molecular weight excluding hydrogens is 226 g/mol. The third kappa shape index (κ3) is 11.9. The highest BCUT2D eigenvalue weighted by atomic mass is 16.5. The van der Waals surface area contributed by atoms with Gasteiger partial charge in [-0.25, -0.2) is 0 Å². The molecule has 0 amide bonds. The zero-order valence-electron chi connectivity index (χ0n) is 12.5. The van der Waals surface area contributed by atoms with Crippen molar-refractivity contribution >= 4 is 5.84 Å². The third-order valence-corrected chi connectivity index (χ3v) is 2.71. The van der Waals surface area contributed by atoms with E-state index in [1.54, 1.807) is 0 Å². The molecule has 4 nitrogen and oxygen atoms in total. The van der Waals surface area contributed by atoms with Crippen molar-refractivity contribution in [3.8, 4) is 0 Å². The topological polar surface area (TPSA) is 62.3 Å². The van der Waals surface area contributed by atoms with Crippen LogP contribution < -0.4 is 5.73 Å². The van der Waals surface area contributed by atoms with Gasteiger partial charge < -0.3 is 15.4 Å². The lowest BCUT2D eigenvalue weighted by Gasteiger charge is -2.24. The van der Waals surface area contributed by atoms with Crippen LogP contribution in [0.15, 0.2) is 0 Å². The summed E-state index contributed by atoms with van der Waals surface area (Å²) in [6.07, 6.45) is 1.77. The summed E-state index contributed by atoms with van der Waals surface area (Å²) in [5.41, 5.74) is 5.41. The highest BCUT2D eigenvalue weighted by Crippen LogP contribution is 2.02.